The Morgan fingerprint density at radius 2 is 1.57 bits per heavy atom. The van der Waals surface area contributed by atoms with Crippen molar-refractivity contribution in [1.29, 1.82) is 0 Å². The van der Waals surface area contributed by atoms with Gasteiger partial charge in [0.05, 0.1) is 34.5 Å². The molecule has 1 atom stereocenters. The molecule has 150 valence electrons. The third-order valence-corrected chi connectivity index (χ3v) is 4.65. The first-order valence-corrected chi connectivity index (χ1v) is 9.34. The summed E-state index contributed by atoms with van der Waals surface area (Å²) >= 11 is 3.42. The fourth-order valence-corrected chi connectivity index (χ4v) is 3.08. The van der Waals surface area contributed by atoms with Crippen molar-refractivity contribution in [2.24, 2.45) is 0 Å². The zero-order chi connectivity index (χ0) is 20.7. The predicted molar refractivity (Wildman–Crippen MR) is 112 cm³/mol. The van der Waals surface area contributed by atoms with Gasteiger partial charge in [-0.25, -0.2) is 0 Å². The van der Waals surface area contributed by atoms with Gasteiger partial charge in [0, 0.05) is 16.1 Å². The fraction of sp³-hybridized carbons (Fsp3) is 0.286. The molecule has 0 saturated carbocycles. The van der Waals surface area contributed by atoms with Crippen LogP contribution in [-0.4, -0.2) is 34.3 Å². The summed E-state index contributed by atoms with van der Waals surface area (Å²) in [6, 6.07) is 8.95. The molecular weight excluding hydrogens is 426 g/mol. The van der Waals surface area contributed by atoms with E-state index < -0.39 is 0 Å². The van der Waals surface area contributed by atoms with Crippen molar-refractivity contribution < 1.29 is 23.7 Å². The van der Waals surface area contributed by atoms with Gasteiger partial charge in [-0.05, 0) is 48.9 Å². The Hall–Kier alpha value is -2.67. The van der Waals surface area contributed by atoms with Crippen LogP contribution in [0.5, 0.6) is 23.0 Å². The normalized spacial score (nSPS) is 11.8. The highest BCUT2D eigenvalue weighted by Gasteiger charge is 2.17. The number of carbonyl (C=O) groups excluding carboxylic acids is 1. The second-order valence-electron chi connectivity index (χ2n) is 5.91. The van der Waals surface area contributed by atoms with E-state index in [0.717, 1.165) is 15.6 Å². The molecule has 0 aliphatic heterocycles. The van der Waals surface area contributed by atoms with Crippen LogP contribution in [0.2, 0.25) is 0 Å². The lowest BCUT2D eigenvalue weighted by Crippen LogP contribution is -2.24. The van der Waals surface area contributed by atoms with E-state index >= 15 is 0 Å². The lowest BCUT2D eigenvalue weighted by molar-refractivity contribution is -0.117. The van der Waals surface area contributed by atoms with E-state index in [1.54, 1.807) is 34.5 Å². The summed E-state index contributed by atoms with van der Waals surface area (Å²) < 4.78 is 22.3. The molecule has 0 fully saturated rings. The highest BCUT2D eigenvalue weighted by Crippen LogP contribution is 2.39. The van der Waals surface area contributed by atoms with Gasteiger partial charge >= 0.3 is 0 Å². The minimum Gasteiger partial charge on any atom is -0.496 e. The van der Waals surface area contributed by atoms with Gasteiger partial charge in [0.1, 0.15) is 5.75 Å². The number of halogens is 1. The highest BCUT2D eigenvalue weighted by molar-refractivity contribution is 9.10. The third kappa shape index (κ3) is 5.19. The molecule has 0 heterocycles. The Labute approximate surface area is 173 Å². The van der Waals surface area contributed by atoms with Crippen molar-refractivity contribution in [3.63, 3.8) is 0 Å². The molecule has 0 spiro atoms. The van der Waals surface area contributed by atoms with Gasteiger partial charge in [0.15, 0.2) is 11.5 Å². The second kappa shape index (κ2) is 10.0. The summed E-state index contributed by atoms with van der Waals surface area (Å²) in [4.78, 5) is 12.4. The van der Waals surface area contributed by atoms with Crippen molar-refractivity contribution >= 4 is 27.9 Å². The smallest absolute Gasteiger partial charge is 0.244 e. The molecule has 7 heteroatoms. The topological polar surface area (TPSA) is 66.0 Å². The summed E-state index contributed by atoms with van der Waals surface area (Å²) in [5.74, 6) is 2.03. The molecule has 1 amide bonds. The number of rotatable bonds is 8. The molecule has 0 aliphatic carbocycles. The summed E-state index contributed by atoms with van der Waals surface area (Å²) in [6.07, 6.45) is 3.18. The molecule has 1 unspecified atom stereocenters. The predicted octanol–water partition coefficient (Wildman–Crippen LogP) is 4.37. The number of carbonyl (C=O) groups is 1. The average Bonchev–Trinajstić information content (AvgIpc) is 2.70. The zero-order valence-electron chi connectivity index (χ0n) is 16.5. The Morgan fingerprint density at radius 3 is 2.11 bits per heavy atom. The van der Waals surface area contributed by atoms with Crippen LogP contribution in [0.25, 0.3) is 6.08 Å². The number of ether oxygens (including phenoxy) is 4. The SMILES string of the molecule is COc1ccc(Br)cc1/C=C/C(=O)NC(C)c1cc(OC)c(OC)c(OC)c1. The van der Waals surface area contributed by atoms with Gasteiger partial charge in [0.25, 0.3) is 0 Å². The first-order chi connectivity index (χ1) is 13.4. The molecule has 0 saturated heterocycles. The first kappa shape index (κ1) is 21.6. The second-order valence-corrected chi connectivity index (χ2v) is 6.82. The summed E-state index contributed by atoms with van der Waals surface area (Å²) in [6.45, 7) is 1.88. The van der Waals surface area contributed by atoms with Gasteiger partial charge in [-0.3, -0.25) is 4.79 Å². The molecule has 28 heavy (non-hydrogen) atoms. The Bertz CT molecular complexity index is 841. The van der Waals surface area contributed by atoms with Crippen molar-refractivity contribution in [3.05, 3.63) is 52.0 Å². The third-order valence-electron chi connectivity index (χ3n) is 4.15. The number of hydrogen-bond donors (Lipinski definition) is 1. The van der Waals surface area contributed by atoms with Crippen LogP contribution >= 0.6 is 15.9 Å². The van der Waals surface area contributed by atoms with Crippen LogP contribution in [0.1, 0.15) is 24.1 Å². The van der Waals surface area contributed by atoms with E-state index in [-0.39, 0.29) is 11.9 Å². The van der Waals surface area contributed by atoms with Gasteiger partial charge in [-0.1, -0.05) is 15.9 Å². The molecule has 1 N–H and O–H groups in total. The van der Waals surface area contributed by atoms with E-state index in [1.165, 1.54) is 6.08 Å². The number of nitrogens with one attached hydrogen (secondary N) is 1. The minimum absolute atomic E-state index is 0.233. The Morgan fingerprint density at radius 1 is 0.964 bits per heavy atom. The maximum absolute atomic E-state index is 12.4. The molecule has 0 bridgehead atoms. The summed E-state index contributed by atoms with van der Waals surface area (Å²) in [5.41, 5.74) is 1.63. The molecule has 0 aliphatic rings. The lowest BCUT2D eigenvalue weighted by Gasteiger charge is -2.18. The van der Waals surface area contributed by atoms with Crippen molar-refractivity contribution in [2.45, 2.75) is 13.0 Å². The maximum Gasteiger partial charge on any atom is 0.244 e. The van der Waals surface area contributed by atoms with Crippen LogP contribution < -0.4 is 24.3 Å². The average molecular weight is 450 g/mol. The van der Waals surface area contributed by atoms with E-state index in [9.17, 15) is 4.79 Å². The monoisotopic (exact) mass is 449 g/mol. The van der Waals surface area contributed by atoms with E-state index in [4.69, 9.17) is 18.9 Å². The van der Waals surface area contributed by atoms with Crippen LogP contribution in [0.15, 0.2) is 40.9 Å². The van der Waals surface area contributed by atoms with Crippen LogP contribution in [0, 0.1) is 0 Å². The standard InChI is InChI=1S/C21H24BrNO5/c1-13(15-11-18(26-3)21(28-5)19(12-15)27-4)23-20(24)9-6-14-10-16(22)7-8-17(14)25-2/h6-13H,1-5H3,(H,23,24)/b9-6+. The van der Waals surface area contributed by atoms with E-state index in [1.807, 2.05) is 37.3 Å². The largest absolute Gasteiger partial charge is 0.496 e. The number of methoxy groups -OCH3 is 4. The lowest BCUT2D eigenvalue weighted by atomic mass is 10.1. The highest BCUT2D eigenvalue weighted by atomic mass is 79.9. The molecule has 2 aromatic carbocycles. The molecule has 0 radical (unpaired) electrons. The van der Waals surface area contributed by atoms with E-state index in [2.05, 4.69) is 21.2 Å². The molecular formula is C21H24BrNO5. The number of benzene rings is 2. The molecule has 2 rings (SSSR count). The Balaban J connectivity index is 2.17. The van der Waals surface area contributed by atoms with Gasteiger partial charge in [-0.2, -0.15) is 0 Å². The van der Waals surface area contributed by atoms with Crippen LogP contribution in [-0.2, 0) is 4.79 Å². The van der Waals surface area contributed by atoms with Crippen LogP contribution in [0.3, 0.4) is 0 Å². The van der Waals surface area contributed by atoms with Crippen molar-refractivity contribution in [2.75, 3.05) is 28.4 Å². The zero-order valence-corrected chi connectivity index (χ0v) is 18.1. The van der Waals surface area contributed by atoms with Gasteiger partial charge in [-0.15, -0.1) is 0 Å². The summed E-state index contributed by atoms with van der Waals surface area (Å²) in [5, 5.41) is 2.93. The van der Waals surface area contributed by atoms with E-state index in [0.29, 0.717) is 23.0 Å². The van der Waals surface area contributed by atoms with Crippen LogP contribution in [0.4, 0.5) is 0 Å². The van der Waals surface area contributed by atoms with Crippen molar-refractivity contribution in [3.8, 4) is 23.0 Å². The number of amides is 1. The first-order valence-electron chi connectivity index (χ1n) is 8.55. The summed E-state index contributed by atoms with van der Waals surface area (Å²) in [7, 11) is 6.25. The molecule has 0 aromatic heterocycles. The maximum atomic E-state index is 12.4. The van der Waals surface area contributed by atoms with Crippen molar-refractivity contribution in [1.82, 2.24) is 5.32 Å². The molecule has 2 aromatic rings. The Kier molecular flexibility index (Phi) is 7.75. The quantitative estimate of drug-likeness (QED) is 0.605. The van der Waals surface area contributed by atoms with Gasteiger partial charge < -0.3 is 24.3 Å². The molecule has 6 nitrogen and oxygen atoms in total. The minimum atomic E-state index is -0.268. The van der Waals surface area contributed by atoms with Gasteiger partial charge in [0.2, 0.25) is 11.7 Å². The number of hydrogen-bond acceptors (Lipinski definition) is 5. The fourth-order valence-electron chi connectivity index (χ4n) is 2.70.